The Bertz CT molecular complexity index is 1010. The molecule has 1 aliphatic rings. The first-order chi connectivity index (χ1) is 12.8. The highest BCUT2D eigenvalue weighted by Gasteiger charge is 2.25. The maximum absolute atomic E-state index is 12.9. The van der Waals surface area contributed by atoms with Crippen molar-refractivity contribution in [3.63, 3.8) is 0 Å². The van der Waals surface area contributed by atoms with Gasteiger partial charge in [-0.1, -0.05) is 17.7 Å². The number of nitrogens with two attached hydrogens (primary N) is 1. The summed E-state index contributed by atoms with van der Waals surface area (Å²) in [4.78, 5) is 32.4. The molecule has 1 saturated heterocycles. The van der Waals surface area contributed by atoms with Crippen molar-refractivity contribution in [2.45, 2.75) is 45.8 Å². The van der Waals surface area contributed by atoms with Gasteiger partial charge in [-0.3, -0.25) is 13.9 Å². The summed E-state index contributed by atoms with van der Waals surface area (Å²) >= 11 is 0. The van der Waals surface area contributed by atoms with Gasteiger partial charge in [-0.25, -0.2) is 4.79 Å². The number of hydrogen-bond acceptors (Lipinski definition) is 5. The molecule has 146 valence electrons. The topological polar surface area (TPSA) is 91.1 Å². The van der Waals surface area contributed by atoms with Crippen LogP contribution in [0, 0.1) is 0 Å². The summed E-state index contributed by atoms with van der Waals surface area (Å²) in [5.41, 5.74) is 7.42. The van der Waals surface area contributed by atoms with Crippen LogP contribution in [0.15, 0.2) is 33.9 Å². The second-order valence-corrected chi connectivity index (χ2v) is 7.37. The van der Waals surface area contributed by atoms with Gasteiger partial charge in [0.15, 0.2) is 11.2 Å². The van der Waals surface area contributed by atoms with Gasteiger partial charge in [0.25, 0.3) is 5.56 Å². The lowest BCUT2D eigenvalue weighted by atomic mass is 10.1. The van der Waals surface area contributed by atoms with Crippen molar-refractivity contribution in [2.75, 3.05) is 18.0 Å². The summed E-state index contributed by atoms with van der Waals surface area (Å²) in [7, 11) is 1.50. The summed E-state index contributed by atoms with van der Waals surface area (Å²) in [6.07, 6.45) is 5.64. The first-order valence-electron chi connectivity index (χ1n) is 9.30. The number of allylic oxidation sites excluding steroid dienone is 3. The molecule has 0 amide bonds. The standard InChI is InChI=1S/C19H28N6O2/c1-5-9-25-16-15(17(26)22(4)19(25)27)24(11-8-13(2)3)18(21-16)23-10-6-7-14(20)12-23/h5,8,14H,1,6-7,9-12,20H2,2-4H3. The molecule has 8 heteroatoms. The quantitative estimate of drug-likeness (QED) is 0.790. The summed E-state index contributed by atoms with van der Waals surface area (Å²) in [5.74, 6) is 0.693. The number of anilines is 1. The third-order valence-corrected chi connectivity index (χ3v) is 4.94. The van der Waals surface area contributed by atoms with Gasteiger partial charge >= 0.3 is 5.69 Å². The Balaban J connectivity index is 2.32. The Morgan fingerprint density at radius 1 is 1.30 bits per heavy atom. The first-order valence-corrected chi connectivity index (χ1v) is 9.30. The molecule has 27 heavy (non-hydrogen) atoms. The number of hydrogen-bond donors (Lipinski definition) is 1. The fourth-order valence-corrected chi connectivity index (χ4v) is 3.52. The average Bonchev–Trinajstić information content (AvgIpc) is 3.01. The number of aromatic nitrogens is 4. The van der Waals surface area contributed by atoms with Gasteiger partial charge in [-0.05, 0) is 26.7 Å². The van der Waals surface area contributed by atoms with Crippen LogP contribution < -0.4 is 21.9 Å². The molecule has 0 spiro atoms. The molecule has 3 heterocycles. The summed E-state index contributed by atoms with van der Waals surface area (Å²) in [6, 6.07) is 0.0775. The monoisotopic (exact) mass is 372 g/mol. The molecule has 1 aliphatic heterocycles. The highest BCUT2D eigenvalue weighted by molar-refractivity contribution is 5.75. The van der Waals surface area contributed by atoms with Crippen LogP contribution in [0.3, 0.4) is 0 Å². The Kier molecular flexibility index (Phi) is 5.36. The Morgan fingerprint density at radius 2 is 2.04 bits per heavy atom. The van der Waals surface area contributed by atoms with E-state index in [2.05, 4.69) is 17.6 Å². The predicted molar refractivity (Wildman–Crippen MR) is 108 cm³/mol. The van der Waals surface area contributed by atoms with Crippen LogP contribution in [0.2, 0.25) is 0 Å². The van der Waals surface area contributed by atoms with E-state index < -0.39 is 0 Å². The molecule has 0 saturated carbocycles. The van der Waals surface area contributed by atoms with E-state index in [0.29, 0.717) is 36.7 Å². The summed E-state index contributed by atoms with van der Waals surface area (Å²) < 4.78 is 4.54. The van der Waals surface area contributed by atoms with E-state index in [1.165, 1.54) is 11.6 Å². The largest absolute Gasteiger partial charge is 0.341 e. The van der Waals surface area contributed by atoms with Gasteiger partial charge < -0.3 is 15.2 Å². The van der Waals surface area contributed by atoms with E-state index in [9.17, 15) is 9.59 Å². The third-order valence-electron chi connectivity index (χ3n) is 4.94. The van der Waals surface area contributed by atoms with Crippen molar-refractivity contribution >= 4 is 17.1 Å². The molecule has 0 radical (unpaired) electrons. The summed E-state index contributed by atoms with van der Waals surface area (Å²) in [6.45, 7) is 10.1. The van der Waals surface area contributed by atoms with Crippen LogP contribution in [0.5, 0.6) is 0 Å². The number of nitrogens with zero attached hydrogens (tertiary/aromatic N) is 5. The molecule has 1 fully saturated rings. The molecule has 0 aliphatic carbocycles. The molecule has 0 bridgehead atoms. The molecule has 1 atom stereocenters. The fourth-order valence-electron chi connectivity index (χ4n) is 3.52. The van der Waals surface area contributed by atoms with Crippen molar-refractivity contribution in [1.29, 1.82) is 0 Å². The number of fused-ring (bicyclic) bond motifs is 1. The zero-order chi connectivity index (χ0) is 19.7. The van der Waals surface area contributed by atoms with Gasteiger partial charge in [0.1, 0.15) is 0 Å². The molecular formula is C19H28N6O2. The molecule has 2 aromatic rings. The van der Waals surface area contributed by atoms with Crippen molar-refractivity contribution in [3.8, 4) is 0 Å². The van der Waals surface area contributed by atoms with E-state index in [4.69, 9.17) is 10.7 Å². The lowest BCUT2D eigenvalue weighted by Crippen LogP contribution is -2.44. The second-order valence-electron chi connectivity index (χ2n) is 7.37. The molecule has 0 aromatic carbocycles. The van der Waals surface area contributed by atoms with Crippen LogP contribution in [0.1, 0.15) is 26.7 Å². The Morgan fingerprint density at radius 3 is 2.67 bits per heavy atom. The van der Waals surface area contributed by atoms with Crippen molar-refractivity contribution in [1.82, 2.24) is 18.7 Å². The molecule has 2 aromatic heterocycles. The van der Waals surface area contributed by atoms with Crippen molar-refractivity contribution in [2.24, 2.45) is 12.8 Å². The SMILES string of the molecule is C=CCn1c(=O)n(C)c(=O)c2c1nc(N1CCCC(N)C1)n2CC=C(C)C. The third kappa shape index (κ3) is 3.49. The smallest absolute Gasteiger partial charge is 0.332 e. The molecule has 1 unspecified atom stereocenters. The highest BCUT2D eigenvalue weighted by Crippen LogP contribution is 2.23. The minimum absolute atomic E-state index is 0.0775. The van der Waals surface area contributed by atoms with E-state index in [1.807, 2.05) is 18.4 Å². The molecule has 3 rings (SSSR count). The minimum Gasteiger partial charge on any atom is -0.341 e. The maximum atomic E-state index is 12.9. The van der Waals surface area contributed by atoms with Crippen LogP contribution in [0.4, 0.5) is 5.95 Å². The Labute approximate surface area is 158 Å². The van der Waals surface area contributed by atoms with Gasteiger partial charge in [0.05, 0.1) is 0 Å². The number of piperidine rings is 1. The maximum Gasteiger partial charge on any atom is 0.332 e. The second kappa shape index (κ2) is 7.56. The van der Waals surface area contributed by atoms with Crippen molar-refractivity contribution < 1.29 is 0 Å². The molecule has 8 nitrogen and oxygen atoms in total. The van der Waals surface area contributed by atoms with E-state index in [-0.39, 0.29) is 17.3 Å². The lowest BCUT2D eigenvalue weighted by molar-refractivity contribution is 0.495. The number of imidazole rings is 1. The van der Waals surface area contributed by atoms with E-state index >= 15 is 0 Å². The highest BCUT2D eigenvalue weighted by atomic mass is 16.2. The normalized spacial score (nSPS) is 17.3. The fraction of sp³-hybridized carbons (Fsp3) is 0.526. The number of rotatable bonds is 5. The Hall–Kier alpha value is -2.61. The van der Waals surface area contributed by atoms with Crippen LogP contribution in [-0.2, 0) is 20.1 Å². The zero-order valence-corrected chi connectivity index (χ0v) is 16.3. The zero-order valence-electron chi connectivity index (χ0n) is 16.3. The average molecular weight is 372 g/mol. The van der Waals surface area contributed by atoms with E-state index in [0.717, 1.165) is 29.5 Å². The van der Waals surface area contributed by atoms with Gasteiger partial charge in [0, 0.05) is 39.3 Å². The van der Waals surface area contributed by atoms with Crippen LogP contribution in [-0.4, -0.2) is 37.8 Å². The van der Waals surface area contributed by atoms with Gasteiger partial charge in [-0.15, -0.1) is 6.58 Å². The first kappa shape index (κ1) is 19.2. The van der Waals surface area contributed by atoms with E-state index in [1.54, 1.807) is 6.08 Å². The summed E-state index contributed by atoms with van der Waals surface area (Å²) in [5, 5.41) is 0. The van der Waals surface area contributed by atoms with Crippen molar-refractivity contribution in [3.05, 3.63) is 45.1 Å². The van der Waals surface area contributed by atoms with Gasteiger partial charge in [0.2, 0.25) is 5.95 Å². The molecular weight excluding hydrogens is 344 g/mol. The van der Waals surface area contributed by atoms with Gasteiger partial charge in [-0.2, -0.15) is 4.98 Å². The predicted octanol–water partition coefficient (Wildman–Crippen LogP) is 0.976. The van der Waals surface area contributed by atoms with Crippen LogP contribution >= 0.6 is 0 Å². The molecule has 2 N–H and O–H groups in total. The lowest BCUT2D eigenvalue weighted by Gasteiger charge is -2.31. The minimum atomic E-state index is -0.388. The van der Waals surface area contributed by atoms with Crippen LogP contribution in [0.25, 0.3) is 11.2 Å².